The predicted octanol–water partition coefficient (Wildman–Crippen LogP) is 2.37. The Morgan fingerprint density at radius 3 is 2.69 bits per heavy atom. The molecule has 3 rings (SSSR count). The van der Waals surface area contributed by atoms with Crippen LogP contribution in [0.25, 0.3) is 0 Å². The first-order chi connectivity index (χ1) is 15.5. The number of hydrogen-bond acceptors (Lipinski definition) is 7. The number of ether oxygens (including phenoxy) is 3. The Bertz CT molecular complexity index is 686. The second kappa shape index (κ2) is 12.8. The van der Waals surface area contributed by atoms with E-state index in [9.17, 15) is 10.2 Å². The summed E-state index contributed by atoms with van der Waals surface area (Å²) in [5.74, 6) is 1.31. The number of nitrogens with one attached hydrogen (secondary N) is 1. The first-order valence-corrected chi connectivity index (χ1v) is 12.2. The van der Waals surface area contributed by atoms with E-state index in [2.05, 4.69) is 10.2 Å². The fourth-order valence-electron chi connectivity index (χ4n) is 4.69. The van der Waals surface area contributed by atoms with Crippen molar-refractivity contribution in [3.05, 3.63) is 23.8 Å². The van der Waals surface area contributed by atoms with E-state index in [1.807, 2.05) is 32.0 Å². The number of aliphatic hydroxyl groups excluding tert-OH is 2. The van der Waals surface area contributed by atoms with Crippen LogP contribution < -0.4 is 14.8 Å². The summed E-state index contributed by atoms with van der Waals surface area (Å²) < 4.78 is 17.6. The fourth-order valence-corrected chi connectivity index (χ4v) is 4.69. The van der Waals surface area contributed by atoms with E-state index < -0.39 is 6.10 Å². The maximum Gasteiger partial charge on any atom is 0.161 e. The van der Waals surface area contributed by atoms with Gasteiger partial charge in [-0.3, -0.25) is 4.90 Å². The van der Waals surface area contributed by atoms with Crippen molar-refractivity contribution in [3.63, 3.8) is 0 Å². The van der Waals surface area contributed by atoms with E-state index >= 15 is 0 Å². The Labute approximate surface area is 193 Å². The molecular formula is C25H42N2O5. The standard InChI is InChI=1S/C25H42N2O5/c1-18(2)26-15-21(29)17-32-24-9-8-19(14-25(24)30-3)11-13-31-23-7-5-4-6-22(23)27-12-10-20(28)16-27/h8-9,14,18,20-23,26,28-29H,4-7,10-13,15-17H2,1-3H3/t20-,21?,22+,23+/m0/s1. The van der Waals surface area contributed by atoms with Crippen molar-refractivity contribution in [2.75, 3.05) is 40.0 Å². The van der Waals surface area contributed by atoms with Gasteiger partial charge in [0.1, 0.15) is 12.7 Å². The van der Waals surface area contributed by atoms with Crippen LogP contribution in [0.3, 0.4) is 0 Å². The van der Waals surface area contributed by atoms with E-state index in [1.165, 1.54) is 12.8 Å². The molecule has 1 aliphatic carbocycles. The Balaban J connectivity index is 1.47. The van der Waals surface area contributed by atoms with Crippen molar-refractivity contribution in [1.82, 2.24) is 10.2 Å². The molecule has 1 heterocycles. The van der Waals surface area contributed by atoms with Crippen molar-refractivity contribution in [3.8, 4) is 11.5 Å². The molecule has 1 aromatic rings. The number of hydrogen-bond donors (Lipinski definition) is 3. The largest absolute Gasteiger partial charge is 0.493 e. The van der Waals surface area contributed by atoms with Crippen LogP contribution in [0.4, 0.5) is 0 Å². The zero-order valence-corrected chi connectivity index (χ0v) is 20.0. The topological polar surface area (TPSA) is 83.4 Å². The molecule has 2 fully saturated rings. The molecular weight excluding hydrogens is 408 g/mol. The van der Waals surface area contributed by atoms with Gasteiger partial charge in [0.25, 0.3) is 0 Å². The summed E-state index contributed by atoms with van der Waals surface area (Å²) in [7, 11) is 1.64. The molecule has 7 heteroatoms. The second-order valence-electron chi connectivity index (χ2n) is 9.46. The lowest BCUT2D eigenvalue weighted by Crippen LogP contribution is -2.46. The molecule has 4 atom stereocenters. The summed E-state index contributed by atoms with van der Waals surface area (Å²) in [6.45, 7) is 7.23. The Morgan fingerprint density at radius 2 is 1.97 bits per heavy atom. The SMILES string of the molecule is COc1cc(CCO[C@@H]2CCCC[C@H]2N2CC[C@H](O)C2)ccc1OCC(O)CNC(C)C. The molecule has 182 valence electrons. The van der Waals surface area contributed by atoms with E-state index in [0.717, 1.165) is 44.3 Å². The summed E-state index contributed by atoms with van der Waals surface area (Å²) in [4.78, 5) is 2.43. The maximum absolute atomic E-state index is 10.1. The minimum Gasteiger partial charge on any atom is -0.493 e. The molecule has 0 amide bonds. The number of methoxy groups -OCH3 is 1. The number of benzene rings is 1. The van der Waals surface area contributed by atoms with Gasteiger partial charge in [0.05, 0.1) is 25.9 Å². The van der Waals surface area contributed by atoms with Crippen LogP contribution in [0.1, 0.15) is 51.5 Å². The monoisotopic (exact) mass is 450 g/mol. The van der Waals surface area contributed by atoms with Gasteiger partial charge in [-0.2, -0.15) is 0 Å². The van der Waals surface area contributed by atoms with Gasteiger partial charge in [0.2, 0.25) is 0 Å². The van der Waals surface area contributed by atoms with Gasteiger partial charge >= 0.3 is 0 Å². The van der Waals surface area contributed by atoms with Gasteiger partial charge in [0.15, 0.2) is 11.5 Å². The summed E-state index contributed by atoms with van der Waals surface area (Å²) in [5, 5.41) is 23.2. The van der Waals surface area contributed by atoms with Gasteiger partial charge in [-0.25, -0.2) is 0 Å². The van der Waals surface area contributed by atoms with Crippen LogP contribution in [0.2, 0.25) is 0 Å². The van der Waals surface area contributed by atoms with Gasteiger partial charge in [-0.15, -0.1) is 0 Å². The van der Waals surface area contributed by atoms with Crippen molar-refractivity contribution in [1.29, 1.82) is 0 Å². The van der Waals surface area contributed by atoms with E-state index in [1.54, 1.807) is 7.11 Å². The Kier molecular flexibility index (Phi) is 10.1. The van der Waals surface area contributed by atoms with Crippen molar-refractivity contribution >= 4 is 0 Å². The number of nitrogens with zero attached hydrogens (tertiary/aromatic N) is 1. The van der Waals surface area contributed by atoms with Crippen molar-refractivity contribution in [2.45, 2.75) is 82.8 Å². The number of aliphatic hydroxyl groups is 2. The highest BCUT2D eigenvalue weighted by Gasteiger charge is 2.34. The quantitative estimate of drug-likeness (QED) is 0.451. The van der Waals surface area contributed by atoms with E-state index in [0.29, 0.717) is 36.7 Å². The van der Waals surface area contributed by atoms with Gasteiger partial charge < -0.3 is 29.7 Å². The average molecular weight is 451 g/mol. The lowest BCUT2D eigenvalue weighted by Gasteiger charge is -2.37. The summed E-state index contributed by atoms with van der Waals surface area (Å²) in [6, 6.07) is 6.70. The third kappa shape index (κ3) is 7.59. The van der Waals surface area contributed by atoms with Gasteiger partial charge in [-0.05, 0) is 43.4 Å². The summed E-state index contributed by atoms with van der Waals surface area (Å²) in [5.41, 5.74) is 1.14. The molecule has 32 heavy (non-hydrogen) atoms. The van der Waals surface area contributed by atoms with Crippen LogP contribution in [-0.4, -0.2) is 85.5 Å². The lowest BCUT2D eigenvalue weighted by atomic mass is 9.91. The molecule has 7 nitrogen and oxygen atoms in total. The minimum absolute atomic E-state index is 0.182. The molecule has 0 bridgehead atoms. The predicted molar refractivity (Wildman–Crippen MR) is 126 cm³/mol. The fraction of sp³-hybridized carbons (Fsp3) is 0.760. The van der Waals surface area contributed by atoms with Crippen LogP contribution >= 0.6 is 0 Å². The highest BCUT2D eigenvalue weighted by molar-refractivity contribution is 5.43. The molecule has 1 unspecified atom stereocenters. The maximum atomic E-state index is 10.1. The zero-order valence-electron chi connectivity index (χ0n) is 20.0. The van der Waals surface area contributed by atoms with Crippen LogP contribution in [0, 0.1) is 0 Å². The normalized spacial score (nSPS) is 25.2. The first kappa shape index (κ1) is 25.2. The Hall–Kier alpha value is -1.38. The van der Waals surface area contributed by atoms with Gasteiger partial charge in [-0.1, -0.05) is 32.8 Å². The highest BCUT2D eigenvalue weighted by atomic mass is 16.5. The Morgan fingerprint density at radius 1 is 1.16 bits per heavy atom. The van der Waals surface area contributed by atoms with E-state index in [-0.39, 0.29) is 18.8 Å². The van der Waals surface area contributed by atoms with E-state index in [4.69, 9.17) is 14.2 Å². The summed E-state index contributed by atoms with van der Waals surface area (Å²) in [6.07, 6.45) is 5.91. The zero-order chi connectivity index (χ0) is 22.9. The summed E-state index contributed by atoms with van der Waals surface area (Å²) >= 11 is 0. The number of rotatable bonds is 12. The molecule has 3 N–H and O–H groups in total. The molecule has 0 aromatic heterocycles. The minimum atomic E-state index is -0.574. The molecule has 1 aliphatic heterocycles. The number of β-amino-alcohol motifs (C(OH)–C–C–N with tert-alkyl or cyclic N) is 1. The molecule has 1 saturated heterocycles. The highest BCUT2D eigenvalue weighted by Crippen LogP contribution is 2.30. The third-order valence-corrected chi connectivity index (χ3v) is 6.48. The lowest BCUT2D eigenvalue weighted by molar-refractivity contribution is -0.0316. The smallest absolute Gasteiger partial charge is 0.161 e. The molecule has 1 saturated carbocycles. The molecule has 0 spiro atoms. The van der Waals surface area contributed by atoms with Crippen LogP contribution in [-0.2, 0) is 11.2 Å². The average Bonchev–Trinajstić information content (AvgIpc) is 3.23. The van der Waals surface area contributed by atoms with Crippen molar-refractivity contribution in [2.24, 2.45) is 0 Å². The molecule has 0 radical (unpaired) electrons. The second-order valence-corrected chi connectivity index (χ2v) is 9.46. The van der Waals surface area contributed by atoms with Crippen molar-refractivity contribution < 1.29 is 24.4 Å². The molecule has 1 aromatic carbocycles. The first-order valence-electron chi connectivity index (χ1n) is 12.2. The third-order valence-electron chi connectivity index (χ3n) is 6.48. The van der Waals surface area contributed by atoms with Crippen LogP contribution in [0.5, 0.6) is 11.5 Å². The van der Waals surface area contributed by atoms with Gasteiger partial charge in [0, 0.05) is 31.7 Å². The molecule has 2 aliphatic rings. The number of likely N-dealkylation sites (tertiary alicyclic amines) is 1. The van der Waals surface area contributed by atoms with Crippen LogP contribution in [0.15, 0.2) is 18.2 Å².